The van der Waals surface area contributed by atoms with E-state index in [-0.39, 0.29) is 17.0 Å². The quantitative estimate of drug-likeness (QED) is 0.723. The van der Waals surface area contributed by atoms with E-state index in [4.69, 9.17) is 0 Å². The fraction of sp³-hybridized carbons (Fsp3) is 0.571. The third-order valence-corrected chi connectivity index (χ3v) is 2.77. The van der Waals surface area contributed by atoms with Crippen LogP contribution in [-0.2, 0) is 6.42 Å². The van der Waals surface area contributed by atoms with Gasteiger partial charge in [0.25, 0.3) is 0 Å². The van der Waals surface area contributed by atoms with E-state index in [0.717, 1.165) is 11.8 Å². The lowest BCUT2D eigenvalue weighted by atomic mass is 10.2. The molecule has 4 heteroatoms. The second-order valence-electron chi connectivity index (χ2n) is 2.60. The molecule has 0 saturated heterocycles. The lowest BCUT2D eigenvalue weighted by Gasteiger charge is -2.06. The second-order valence-corrected chi connectivity index (χ2v) is 3.25. The highest BCUT2D eigenvalue weighted by Crippen LogP contribution is 2.25. The van der Waals surface area contributed by atoms with Gasteiger partial charge in [-0.2, -0.15) is 0 Å². The summed E-state index contributed by atoms with van der Waals surface area (Å²) in [6, 6.07) is 0.650. The van der Waals surface area contributed by atoms with E-state index < -0.39 is 0 Å². The summed E-state index contributed by atoms with van der Waals surface area (Å²) in [5.41, 5.74) is 0. The molecule has 0 aromatic carbocycles. The summed E-state index contributed by atoms with van der Waals surface area (Å²) in [5.74, 6) is 1.24. The Balaban J connectivity index is 0.000000605. The van der Waals surface area contributed by atoms with Gasteiger partial charge in [0.1, 0.15) is 5.82 Å². The van der Waals surface area contributed by atoms with Gasteiger partial charge in [0.2, 0.25) is 0 Å². The zero-order valence-corrected chi connectivity index (χ0v) is 9.33. The number of aromatic nitrogens is 2. The molecular weight excluding hydrogens is 272 g/mol. The number of alkyl halides is 1. The summed E-state index contributed by atoms with van der Waals surface area (Å²) in [5, 5.41) is 1.05. The highest BCUT2D eigenvalue weighted by atomic mass is 79.9. The Morgan fingerprint density at radius 3 is 3.27 bits per heavy atom. The molecule has 0 amide bonds. The van der Waals surface area contributed by atoms with E-state index in [1.807, 2.05) is 6.20 Å². The van der Waals surface area contributed by atoms with Crippen LogP contribution in [0.25, 0.3) is 0 Å². The largest absolute Gasteiger partial charge is 0.331 e. The van der Waals surface area contributed by atoms with Crippen LogP contribution in [0.5, 0.6) is 0 Å². The Bertz CT molecular complexity index is 234. The molecule has 0 bridgehead atoms. The van der Waals surface area contributed by atoms with Crippen LogP contribution in [0.1, 0.15) is 18.3 Å². The van der Waals surface area contributed by atoms with Gasteiger partial charge in [0.05, 0.1) is 0 Å². The third-order valence-electron chi connectivity index (χ3n) is 2.02. The first-order valence-electron chi connectivity index (χ1n) is 3.49. The lowest BCUT2D eigenvalue weighted by molar-refractivity contribution is 0.594. The molecular formula is C7H10Br2N2. The van der Waals surface area contributed by atoms with E-state index in [2.05, 4.69) is 31.7 Å². The van der Waals surface area contributed by atoms with Crippen molar-refractivity contribution in [2.45, 2.75) is 18.9 Å². The highest BCUT2D eigenvalue weighted by Gasteiger charge is 2.20. The summed E-state index contributed by atoms with van der Waals surface area (Å²) in [7, 11) is 0. The summed E-state index contributed by atoms with van der Waals surface area (Å²) < 4.78 is 2.26. The molecule has 2 heterocycles. The molecule has 1 aromatic rings. The fourth-order valence-electron chi connectivity index (χ4n) is 1.46. The number of nitrogens with zero attached hydrogens (tertiary/aromatic N) is 2. The van der Waals surface area contributed by atoms with E-state index >= 15 is 0 Å². The number of imidazole rings is 1. The van der Waals surface area contributed by atoms with Crippen LogP contribution < -0.4 is 0 Å². The summed E-state index contributed by atoms with van der Waals surface area (Å²) in [6.45, 7) is 0. The van der Waals surface area contributed by atoms with Crippen LogP contribution in [0.4, 0.5) is 0 Å². The van der Waals surface area contributed by atoms with Gasteiger partial charge < -0.3 is 4.57 Å². The average Bonchev–Trinajstić information content (AvgIpc) is 2.44. The molecule has 2 rings (SSSR count). The molecule has 0 N–H and O–H groups in total. The molecule has 1 aliphatic rings. The molecule has 11 heavy (non-hydrogen) atoms. The maximum Gasteiger partial charge on any atom is 0.108 e. The minimum atomic E-state index is 0. The van der Waals surface area contributed by atoms with Gasteiger partial charge in [-0.05, 0) is 6.42 Å². The third kappa shape index (κ3) is 1.51. The van der Waals surface area contributed by atoms with Crippen LogP contribution >= 0.6 is 32.9 Å². The van der Waals surface area contributed by atoms with Crippen molar-refractivity contribution < 1.29 is 0 Å². The van der Waals surface area contributed by atoms with Gasteiger partial charge in [-0.15, -0.1) is 17.0 Å². The van der Waals surface area contributed by atoms with Gasteiger partial charge in [-0.1, -0.05) is 15.9 Å². The molecule has 0 unspecified atom stereocenters. The van der Waals surface area contributed by atoms with Crippen LogP contribution in [0.2, 0.25) is 0 Å². The van der Waals surface area contributed by atoms with Crippen molar-refractivity contribution in [2.24, 2.45) is 0 Å². The van der Waals surface area contributed by atoms with Crippen molar-refractivity contribution in [2.75, 3.05) is 5.33 Å². The number of hydrogen-bond donors (Lipinski definition) is 0. The zero-order chi connectivity index (χ0) is 6.97. The van der Waals surface area contributed by atoms with Gasteiger partial charge in [0.15, 0.2) is 0 Å². The SMILES string of the molecule is Br.BrC[C@H]1CCc2nccn21. The standard InChI is InChI=1S/C7H9BrN2.BrH/c8-5-6-1-2-7-9-3-4-10(6)7;/h3-4,6H,1-2,5H2;1H/t6-;/m1./s1. The summed E-state index contributed by atoms with van der Waals surface area (Å²) >= 11 is 3.48. The Morgan fingerprint density at radius 2 is 2.55 bits per heavy atom. The van der Waals surface area contributed by atoms with Crippen LogP contribution in [-0.4, -0.2) is 14.9 Å². The Hall–Kier alpha value is 0.170. The minimum Gasteiger partial charge on any atom is -0.331 e. The van der Waals surface area contributed by atoms with E-state index in [1.165, 1.54) is 12.2 Å². The van der Waals surface area contributed by atoms with E-state index in [9.17, 15) is 0 Å². The number of fused-ring (bicyclic) bond motifs is 1. The Labute approximate surface area is 84.9 Å². The van der Waals surface area contributed by atoms with Gasteiger partial charge in [-0.25, -0.2) is 4.98 Å². The van der Waals surface area contributed by atoms with Crippen molar-refractivity contribution in [3.63, 3.8) is 0 Å². The maximum atomic E-state index is 4.24. The topological polar surface area (TPSA) is 17.8 Å². The molecule has 62 valence electrons. The molecule has 1 atom stereocenters. The number of halogens is 2. The minimum absolute atomic E-state index is 0. The number of hydrogen-bond acceptors (Lipinski definition) is 1. The Morgan fingerprint density at radius 1 is 1.73 bits per heavy atom. The second kappa shape index (κ2) is 3.72. The molecule has 0 saturated carbocycles. The van der Waals surface area contributed by atoms with Gasteiger partial charge in [-0.3, -0.25) is 0 Å². The van der Waals surface area contributed by atoms with Crippen LogP contribution in [0.15, 0.2) is 12.4 Å². The predicted octanol–water partition coefficient (Wildman–Crippen LogP) is 2.34. The van der Waals surface area contributed by atoms with Crippen LogP contribution in [0.3, 0.4) is 0 Å². The molecule has 1 aromatic heterocycles. The highest BCUT2D eigenvalue weighted by molar-refractivity contribution is 9.09. The van der Waals surface area contributed by atoms with Crippen molar-refractivity contribution in [3.8, 4) is 0 Å². The average molecular weight is 282 g/mol. The molecule has 0 radical (unpaired) electrons. The molecule has 0 spiro atoms. The van der Waals surface area contributed by atoms with Crippen molar-refractivity contribution in [3.05, 3.63) is 18.2 Å². The first kappa shape index (κ1) is 9.26. The monoisotopic (exact) mass is 280 g/mol. The van der Waals surface area contributed by atoms with Gasteiger partial charge >= 0.3 is 0 Å². The summed E-state index contributed by atoms with van der Waals surface area (Å²) in [6.07, 6.45) is 6.33. The van der Waals surface area contributed by atoms with Gasteiger partial charge in [0, 0.05) is 30.2 Å². The maximum absolute atomic E-state index is 4.24. The molecule has 2 nitrogen and oxygen atoms in total. The first-order chi connectivity index (χ1) is 4.92. The zero-order valence-electron chi connectivity index (χ0n) is 6.03. The van der Waals surface area contributed by atoms with E-state index in [1.54, 1.807) is 0 Å². The fourth-order valence-corrected chi connectivity index (χ4v) is 2.09. The van der Waals surface area contributed by atoms with Crippen molar-refractivity contribution >= 4 is 32.9 Å². The van der Waals surface area contributed by atoms with Crippen molar-refractivity contribution in [1.82, 2.24) is 9.55 Å². The molecule has 0 fully saturated rings. The Kier molecular flexibility index (Phi) is 3.13. The van der Waals surface area contributed by atoms with Crippen LogP contribution in [0, 0.1) is 0 Å². The molecule has 0 aliphatic carbocycles. The van der Waals surface area contributed by atoms with Crippen molar-refractivity contribution in [1.29, 1.82) is 0 Å². The normalized spacial score (nSPS) is 21.0. The summed E-state index contributed by atoms with van der Waals surface area (Å²) in [4.78, 5) is 4.24. The number of aryl methyl sites for hydroxylation is 1. The lowest BCUT2D eigenvalue weighted by Crippen LogP contribution is -2.02. The van der Waals surface area contributed by atoms with E-state index in [0.29, 0.717) is 6.04 Å². The molecule has 1 aliphatic heterocycles. The first-order valence-corrected chi connectivity index (χ1v) is 4.61. The smallest absolute Gasteiger partial charge is 0.108 e. The number of rotatable bonds is 1. The predicted molar refractivity (Wildman–Crippen MR) is 53.7 cm³/mol.